The van der Waals surface area contributed by atoms with Crippen molar-refractivity contribution in [2.75, 3.05) is 0 Å². The van der Waals surface area contributed by atoms with E-state index in [-0.39, 0.29) is 5.97 Å². The van der Waals surface area contributed by atoms with Crippen LogP contribution in [0.3, 0.4) is 0 Å². The summed E-state index contributed by atoms with van der Waals surface area (Å²) in [5.74, 6) is -0.190. The van der Waals surface area contributed by atoms with Gasteiger partial charge in [0.05, 0.1) is 0 Å². The van der Waals surface area contributed by atoms with Gasteiger partial charge in [-0.05, 0) is 18.1 Å². The van der Waals surface area contributed by atoms with Crippen LogP contribution >= 0.6 is 0 Å². The number of carbonyl (C=O) groups is 1. The molecule has 0 heterocycles. The summed E-state index contributed by atoms with van der Waals surface area (Å²) in [5, 5.41) is 0. The van der Waals surface area contributed by atoms with Crippen molar-refractivity contribution in [2.45, 2.75) is 103 Å². The Kier molecular flexibility index (Phi) is 13.7. The maximum atomic E-state index is 11.8. The van der Waals surface area contributed by atoms with Crippen LogP contribution in [0.2, 0.25) is 18.1 Å². The fraction of sp³-hybridized carbons (Fsp3) is 0.842. The van der Waals surface area contributed by atoms with Gasteiger partial charge in [-0.15, -0.1) is 0 Å². The predicted molar refractivity (Wildman–Crippen MR) is 99.7 cm³/mol. The fourth-order valence-corrected chi connectivity index (χ4v) is 7.46. The first-order valence-corrected chi connectivity index (χ1v) is 12.0. The summed E-state index contributed by atoms with van der Waals surface area (Å²) in [5.41, 5.74) is 0. The van der Waals surface area contributed by atoms with Gasteiger partial charge < -0.3 is 4.43 Å². The molecular weight excluding hydrogens is 288 g/mol. The Hall–Kier alpha value is -0.573. The highest BCUT2D eigenvalue weighted by Crippen LogP contribution is 2.30. The maximum Gasteiger partial charge on any atom is 0.316 e. The van der Waals surface area contributed by atoms with Crippen molar-refractivity contribution >= 4 is 14.3 Å². The molecule has 0 atom stereocenters. The van der Waals surface area contributed by atoms with Crippen molar-refractivity contribution in [3.8, 4) is 0 Å². The Morgan fingerprint density at radius 3 is 1.77 bits per heavy atom. The van der Waals surface area contributed by atoms with Gasteiger partial charge in [0.1, 0.15) is 0 Å². The molecule has 2 nitrogen and oxygen atoms in total. The molecule has 0 fully saturated rings. The lowest BCUT2D eigenvalue weighted by Gasteiger charge is -2.31. The van der Waals surface area contributed by atoms with E-state index in [1.807, 2.05) is 0 Å². The summed E-state index contributed by atoms with van der Waals surface area (Å²) < 4.78 is 6.00. The van der Waals surface area contributed by atoms with Crippen molar-refractivity contribution in [2.24, 2.45) is 0 Å². The molecule has 0 aromatic rings. The van der Waals surface area contributed by atoms with Crippen LogP contribution in [0.1, 0.15) is 85.0 Å². The average molecular weight is 327 g/mol. The van der Waals surface area contributed by atoms with Gasteiger partial charge in [0.25, 0.3) is 8.32 Å². The molecule has 0 saturated carbocycles. The van der Waals surface area contributed by atoms with Crippen LogP contribution in [-0.4, -0.2) is 14.3 Å². The first kappa shape index (κ1) is 21.4. The SMILES string of the molecule is C=CC(=O)O[Si](CCCC)(CCCC)CCCCCCCC. The highest BCUT2D eigenvalue weighted by Gasteiger charge is 2.36. The Balaban J connectivity index is 4.54. The minimum atomic E-state index is -1.91. The molecule has 0 aliphatic carbocycles. The Bertz CT molecular complexity index is 281. The van der Waals surface area contributed by atoms with Crippen LogP contribution in [0.4, 0.5) is 0 Å². The van der Waals surface area contributed by atoms with E-state index in [0.717, 1.165) is 18.1 Å². The van der Waals surface area contributed by atoms with Gasteiger partial charge in [-0.25, -0.2) is 4.79 Å². The quantitative estimate of drug-likeness (QED) is 0.192. The summed E-state index contributed by atoms with van der Waals surface area (Å²) in [6.07, 6.45) is 13.9. The third-order valence-electron chi connectivity index (χ3n) is 4.44. The van der Waals surface area contributed by atoms with Crippen molar-refractivity contribution in [1.82, 2.24) is 0 Å². The van der Waals surface area contributed by atoms with Gasteiger partial charge >= 0.3 is 5.97 Å². The van der Waals surface area contributed by atoms with Crippen LogP contribution in [0.25, 0.3) is 0 Å². The highest BCUT2D eigenvalue weighted by molar-refractivity contribution is 6.75. The molecule has 0 saturated heterocycles. The Morgan fingerprint density at radius 2 is 1.27 bits per heavy atom. The second-order valence-corrected chi connectivity index (χ2v) is 10.6. The lowest BCUT2D eigenvalue weighted by atomic mass is 10.1. The van der Waals surface area contributed by atoms with Gasteiger partial charge in [0, 0.05) is 6.08 Å². The van der Waals surface area contributed by atoms with Crippen LogP contribution < -0.4 is 0 Å². The summed E-state index contributed by atoms with van der Waals surface area (Å²) in [6, 6.07) is 3.43. The molecule has 130 valence electrons. The molecule has 0 aliphatic heterocycles. The van der Waals surface area contributed by atoms with Gasteiger partial charge in [-0.2, -0.15) is 0 Å². The van der Waals surface area contributed by atoms with Crippen molar-refractivity contribution in [3.05, 3.63) is 12.7 Å². The third-order valence-corrected chi connectivity index (χ3v) is 8.87. The normalized spacial score (nSPS) is 11.4. The lowest BCUT2D eigenvalue weighted by Crippen LogP contribution is -2.40. The average Bonchev–Trinajstić information content (AvgIpc) is 2.54. The van der Waals surface area contributed by atoms with E-state index in [9.17, 15) is 4.79 Å². The molecule has 0 unspecified atom stereocenters. The first-order valence-electron chi connectivity index (χ1n) is 9.49. The number of hydrogen-bond acceptors (Lipinski definition) is 2. The first-order chi connectivity index (χ1) is 10.6. The monoisotopic (exact) mass is 326 g/mol. The fourth-order valence-electron chi connectivity index (χ4n) is 3.01. The highest BCUT2D eigenvalue weighted by atomic mass is 28.4. The number of hydrogen-bond donors (Lipinski definition) is 0. The molecule has 0 rings (SSSR count). The topological polar surface area (TPSA) is 26.3 Å². The van der Waals surface area contributed by atoms with E-state index in [0.29, 0.717) is 0 Å². The molecule has 3 heteroatoms. The zero-order valence-electron chi connectivity index (χ0n) is 15.3. The van der Waals surface area contributed by atoms with E-state index in [1.165, 1.54) is 70.3 Å². The number of unbranched alkanes of at least 4 members (excludes halogenated alkanes) is 7. The van der Waals surface area contributed by atoms with Crippen molar-refractivity contribution in [1.29, 1.82) is 0 Å². The Labute approximate surface area is 139 Å². The summed E-state index contributed by atoms with van der Waals surface area (Å²) in [7, 11) is -1.91. The Morgan fingerprint density at radius 1 is 0.818 bits per heavy atom. The van der Waals surface area contributed by atoms with E-state index in [1.54, 1.807) is 0 Å². The molecule has 0 bridgehead atoms. The smallest absolute Gasteiger partial charge is 0.316 e. The van der Waals surface area contributed by atoms with Crippen LogP contribution in [-0.2, 0) is 9.22 Å². The largest absolute Gasteiger partial charge is 0.516 e. The van der Waals surface area contributed by atoms with Crippen LogP contribution in [0.5, 0.6) is 0 Å². The zero-order valence-corrected chi connectivity index (χ0v) is 16.3. The third kappa shape index (κ3) is 10.2. The predicted octanol–water partition coefficient (Wildman–Crippen LogP) is 6.62. The number of carbonyl (C=O) groups excluding carboxylic acids is 1. The summed E-state index contributed by atoms with van der Waals surface area (Å²) in [4.78, 5) is 11.8. The van der Waals surface area contributed by atoms with Gasteiger partial charge in [0.15, 0.2) is 0 Å². The van der Waals surface area contributed by atoms with E-state index < -0.39 is 8.32 Å². The second kappa shape index (κ2) is 14.0. The van der Waals surface area contributed by atoms with Gasteiger partial charge in [-0.3, -0.25) is 0 Å². The zero-order chi connectivity index (χ0) is 16.7. The van der Waals surface area contributed by atoms with E-state index in [2.05, 4.69) is 27.4 Å². The molecule has 0 radical (unpaired) electrons. The molecule has 0 aromatic carbocycles. The minimum absolute atomic E-state index is 0.190. The molecule has 0 amide bonds. The van der Waals surface area contributed by atoms with Crippen LogP contribution in [0, 0.1) is 0 Å². The maximum absolute atomic E-state index is 11.8. The molecule has 0 N–H and O–H groups in total. The van der Waals surface area contributed by atoms with Gasteiger partial charge in [-0.1, -0.05) is 91.6 Å². The van der Waals surface area contributed by atoms with E-state index in [4.69, 9.17) is 4.43 Å². The van der Waals surface area contributed by atoms with Crippen molar-refractivity contribution in [3.63, 3.8) is 0 Å². The molecule has 0 aromatic heterocycles. The lowest BCUT2D eigenvalue weighted by molar-refractivity contribution is -0.129. The number of rotatable bonds is 15. The molecular formula is C19H38O2Si. The summed E-state index contributed by atoms with van der Waals surface area (Å²) in [6.45, 7) is 10.3. The molecule has 0 aliphatic rings. The van der Waals surface area contributed by atoms with Crippen molar-refractivity contribution < 1.29 is 9.22 Å². The van der Waals surface area contributed by atoms with E-state index >= 15 is 0 Å². The summed E-state index contributed by atoms with van der Waals surface area (Å²) >= 11 is 0. The molecule has 0 spiro atoms. The second-order valence-electron chi connectivity index (χ2n) is 6.53. The molecule has 22 heavy (non-hydrogen) atoms. The standard InChI is InChI=1S/C19H38O2Si/c1-5-9-12-13-14-15-18-22(16-10-6-2,17-11-7-3)21-19(20)8-4/h8H,4-7,9-18H2,1-3H3. The van der Waals surface area contributed by atoms with Gasteiger partial charge in [0.2, 0.25) is 0 Å². The van der Waals surface area contributed by atoms with Crippen LogP contribution in [0.15, 0.2) is 12.7 Å². The minimum Gasteiger partial charge on any atom is -0.516 e.